The van der Waals surface area contributed by atoms with Crippen LogP contribution >= 0.6 is 0 Å². The molecule has 0 saturated heterocycles. The Morgan fingerprint density at radius 1 is 1.33 bits per heavy atom. The van der Waals surface area contributed by atoms with E-state index in [0.29, 0.717) is 11.3 Å². The number of hydrogen-bond acceptors (Lipinski definition) is 3. The molecule has 3 N–H and O–H groups in total. The number of aromatic amines is 1. The molecule has 0 aliphatic heterocycles. The van der Waals surface area contributed by atoms with Gasteiger partial charge in [0.05, 0.1) is 6.33 Å². The monoisotopic (exact) mass is 287 g/mol. The maximum Gasteiger partial charge on any atom is 0.315 e. The molecule has 0 fully saturated rings. The third-order valence-electron chi connectivity index (χ3n) is 3.53. The summed E-state index contributed by atoms with van der Waals surface area (Å²) in [6.45, 7) is 3.30. The van der Waals surface area contributed by atoms with Crippen LogP contribution < -0.4 is 5.32 Å². The van der Waals surface area contributed by atoms with Crippen molar-refractivity contribution in [2.45, 2.75) is 19.3 Å². The van der Waals surface area contributed by atoms with Crippen LogP contribution in [0, 0.1) is 6.92 Å². The Kier molecular flexibility index (Phi) is 4.07. The van der Waals surface area contributed by atoms with Gasteiger partial charge in [-0.2, -0.15) is 0 Å². The fraction of sp³-hybridized carbons (Fsp3) is 0.267. The number of amides is 1. The van der Waals surface area contributed by atoms with Gasteiger partial charge in [-0.25, -0.2) is 4.98 Å². The van der Waals surface area contributed by atoms with Crippen molar-refractivity contribution in [1.82, 2.24) is 15.3 Å². The molecule has 6 nitrogen and oxygen atoms in total. The van der Waals surface area contributed by atoms with E-state index in [1.54, 1.807) is 38.1 Å². The average molecular weight is 287 g/mol. The van der Waals surface area contributed by atoms with Crippen molar-refractivity contribution in [3.63, 3.8) is 0 Å². The number of aromatic nitrogens is 2. The number of rotatable bonds is 5. The molecule has 1 atom stereocenters. The Labute approximate surface area is 122 Å². The second-order valence-corrected chi connectivity index (χ2v) is 5.06. The molecular formula is C15H17N3O3. The van der Waals surface area contributed by atoms with E-state index in [2.05, 4.69) is 15.3 Å². The predicted octanol–water partition coefficient (Wildman–Crippen LogP) is 1.49. The van der Waals surface area contributed by atoms with Gasteiger partial charge in [-0.3, -0.25) is 9.59 Å². The Bertz CT molecular complexity index is 651. The van der Waals surface area contributed by atoms with Crippen molar-refractivity contribution in [2.24, 2.45) is 0 Å². The summed E-state index contributed by atoms with van der Waals surface area (Å²) in [6, 6.07) is 8.84. The lowest BCUT2D eigenvalue weighted by Crippen LogP contribution is -2.44. The first-order valence-electron chi connectivity index (χ1n) is 6.52. The van der Waals surface area contributed by atoms with Gasteiger partial charge in [0.15, 0.2) is 0 Å². The maximum absolute atomic E-state index is 12.0. The molecule has 1 unspecified atom stereocenters. The Morgan fingerprint density at radius 2 is 2.00 bits per heavy atom. The van der Waals surface area contributed by atoms with Crippen LogP contribution in [0.25, 0.3) is 0 Å². The highest BCUT2D eigenvalue weighted by Gasteiger charge is 2.35. The molecule has 0 aliphatic rings. The number of carboxylic acids is 1. The van der Waals surface area contributed by atoms with Gasteiger partial charge in [-0.15, -0.1) is 0 Å². The highest BCUT2D eigenvalue weighted by Crippen LogP contribution is 2.23. The number of H-pyrrole nitrogens is 1. The molecule has 1 amide bonds. The van der Waals surface area contributed by atoms with Crippen molar-refractivity contribution < 1.29 is 14.7 Å². The third-order valence-corrected chi connectivity index (χ3v) is 3.53. The highest BCUT2D eigenvalue weighted by atomic mass is 16.4. The molecule has 0 spiro atoms. The zero-order chi connectivity index (χ0) is 15.5. The van der Waals surface area contributed by atoms with Crippen molar-refractivity contribution in [3.05, 3.63) is 53.6 Å². The van der Waals surface area contributed by atoms with Crippen LogP contribution in [0.3, 0.4) is 0 Å². The lowest BCUT2D eigenvalue weighted by Gasteiger charge is -2.25. The summed E-state index contributed by atoms with van der Waals surface area (Å²) in [4.78, 5) is 30.4. The molecule has 1 aromatic heterocycles. The SMILES string of the molecule is Cc1[nH]cnc1C(=O)NCC(C)(C(=O)O)c1ccccc1. The van der Waals surface area contributed by atoms with Crippen molar-refractivity contribution >= 4 is 11.9 Å². The van der Waals surface area contributed by atoms with Gasteiger partial charge >= 0.3 is 5.97 Å². The van der Waals surface area contributed by atoms with E-state index in [-0.39, 0.29) is 12.2 Å². The normalized spacial score (nSPS) is 13.4. The van der Waals surface area contributed by atoms with Crippen LogP contribution in [0.1, 0.15) is 28.7 Å². The summed E-state index contributed by atoms with van der Waals surface area (Å²) in [7, 11) is 0. The number of imidazole rings is 1. The van der Waals surface area contributed by atoms with Crippen LogP contribution in [-0.2, 0) is 10.2 Å². The van der Waals surface area contributed by atoms with Crippen LogP contribution in [0.5, 0.6) is 0 Å². The quantitative estimate of drug-likeness (QED) is 0.776. The van der Waals surface area contributed by atoms with Gasteiger partial charge in [0.25, 0.3) is 5.91 Å². The lowest BCUT2D eigenvalue weighted by atomic mass is 9.82. The van der Waals surface area contributed by atoms with Crippen molar-refractivity contribution in [3.8, 4) is 0 Å². The van der Waals surface area contributed by atoms with Crippen LogP contribution in [0.4, 0.5) is 0 Å². The number of carboxylic acid groups (broad SMARTS) is 1. The first-order chi connectivity index (χ1) is 9.95. The van der Waals surface area contributed by atoms with E-state index >= 15 is 0 Å². The van der Waals surface area contributed by atoms with Crippen LogP contribution in [-0.4, -0.2) is 33.5 Å². The second-order valence-electron chi connectivity index (χ2n) is 5.06. The van der Waals surface area contributed by atoms with Gasteiger partial charge < -0.3 is 15.4 Å². The third kappa shape index (κ3) is 2.94. The van der Waals surface area contributed by atoms with E-state index in [0.717, 1.165) is 0 Å². The zero-order valence-electron chi connectivity index (χ0n) is 11.9. The first kappa shape index (κ1) is 14.8. The first-order valence-corrected chi connectivity index (χ1v) is 6.52. The Balaban J connectivity index is 2.17. The topological polar surface area (TPSA) is 95.1 Å². The molecule has 1 heterocycles. The van der Waals surface area contributed by atoms with Crippen LogP contribution in [0.2, 0.25) is 0 Å². The minimum Gasteiger partial charge on any atom is -0.481 e. The van der Waals surface area contributed by atoms with Gasteiger partial charge in [0.1, 0.15) is 11.1 Å². The summed E-state index contributed by atoms with van der Waals surface area (Å²) in [5, 5.41) is 12.2. The molecule has 0 saturated carbocycles. The number of aliphatic carboxylic acids is 1. The average Bonchev–Trinajstić information content (AvgIpc) is 2.91. The molecule has 0 bridgehead atoms. The standard InChI is InChI=1S/C15H17N3O3/c1-10-12(18-9-17-10)13(19)16-8-15(2,14(20)21)11-6-4-3-5-7-11/h3-7,9H,8H2,1-2H3,(H,16,19)(H,17,18)(H,20,21). The zero-order valence-corrected chi connectivity index (χ0v) is 11.9. The van der Waals surface area contributed by atoms with Crippen molar-refractivity contribution in [2.75, 3.05) is 6.54 Å². The number of aryl methyl sites for hydroxylation is 1. The number of benzene rings is 1. The molecule has 0 aliphatic carbocycles. The minimum absolute atomic E-state index is 0.0164. The summed E-state index contributed by atoms with van der Waals surface area (Å²) in [5.41, 5.74) is 0.359. The Morgan fingerprint density at radius 3 is 2.52 bits per heavy atom. The fourth-order valence-corrected chi connectivity index (χ4v) is 2.04. The highest BCUT2D eigenvalue weighted by molar-refractivity contribution is 5.94. The molecule has 2 rings (SSSR count). The minimum atomic E-state index is -1.19. The van der Waals surface area contributed by atoms with Crippen molar-refractivity contribution in [1.29, 1.82) is 0 Å². The predicted molar refractivity (Wildman–Crippen MR) is 77.1 cm³/mol. The molecule has 110 valence electrons. The van der Waals surface area contributed by atoms with E-state index in [4.69, 9.17) is 0 Å². The van der Waals surface area contributed by atoms with Gasteiger partial charge in [-0.05, 0) is 19.4 Å². The Hall–Kier alpha value is -2.63. The number of carbonyl (C=O) groups excluding carboxylic acids is 1. The smallest absolute Gasteiger partial charge is 0.315 e. The van der Waals surface area contributed by atoms with Gasteiger partial charge in [0, 0.05) is 12.2 Å². The van der Waals surface area contributed by atoms with Crippen LogP contribution in [0.15, 0.2) is 36.7 Å². The molecule has 0 radical (unpaired) electrons. The van der Waals surface area contributed by atoms with E-state index in [1.165, 1.54) is 6.33 Å². The summed E-state index contributed by atoms with van der Waals surface area (Å²) < 4.78 is 0. The van der Waals surface area contributed by atoms with Gasteiger partial charge in [0.2, 0.25) is 0 Å². The van der Waals surface area contributed by atoms with E-state index in [9.17, 15) is 14.7 Å². The van der Waals surface area contributed by atoms with E-state index < -0.39 is 17.3 Å². The maximum atomic E-state index is 12.0. The number of hydrogen-bond donors (Lipinski definition) is 3. The summed E-state index contributed by atoms with van der Waals surface area (Å²) in [5.74, 6) is -1.38. The molecule has 1 aromatic carbocycles. The fourth-order valence-electron chi connectivity index (χ4n) is 2.04. The number of nitrogens with one attached hydrogen (secondary N) is 2. The largest absolute Gasteiger partial charge is 0.481 e. The molecule has 6 heteroatoms. The number of carbonyl (C=O) groups is 2. The van der Waals surface area contributed by atoms with Gasteiger partial charge in [-0.1, -0.05) is 30.3 Å². The van der Waals surface area contributed by atoms with E-state index in [1.807, 2.05) is 6.07 Å². The second kappa shape index (κ2) is 5.78. The summed E-state index contributed by atoms with van der Waals surface area (Å²) in [6.07, 6.45) is 1.43. The summed E-state index contributed by atoms with van der Waals surface area (Å²) >= 11 is 0. The molecule has 2 aromatic rings. The number of nitrogens with zero attached hydrogens (tertiary/aromatic N) is 1. The lowest BCUT2D eigenvalue weighted by molar-refractivity contribution is -0.142. The molecule has 21 heavy (non-hydrogen) atoms. The molecular weight excluding hydrogens is 270 g/mol.